The minimum Gasteiger partial charge on any atom is -0.338 e. The molecule has 0 radical (unpaired) electrons. The van der Waals surface area contributed by atoms with Gasteiger partial charge in [0.25, 0.3) is 0 Å². The summed E-state index contributed by atoms with van der Waals surface area (Å²) >= 11 is 0. The molecule has 1 unspecified atom stereocenters. The van der Waals surface area contributed by atoms with E-state index in [-0.39, 0.29) is 41.8 Å². The van der Waals surface area contributed by atoms with Crippen LogP contribution in [0.25, 0.3) is 0 Å². The first-order valence-electron chi connectivity index (χ1n) is 8.17. The molecule has 2 fully saturated rings. The molecule has 2 heterocycles. The normalized spacial score (nSPS) is 30.5. The highest BCUT2D eigenvalue weighted by Crippen LogP contribution is 2.24. The van der Waals surface area contributed by atoms with E-state index >= 15 is 0 Å². The van der Waals surface area contributed by atoms with Gasteiger partial charge in [-0.05, 0) is 39.2 Å². The molecule has 2 saturated heterocycles. The number of sulfone groups is 1. The zero-order valence-electron chi connectivity index (χ0n) is 13.6. The van der Waals surface area contributed by atoms with Gasteiger partial charge < -0.3 is 10.2 Å². The number of rotatable bonds is 5. The predicted octanol–water partition coefficient (Wildman–Crippen LogP) is 1.61. The molecule has 2 aliphatic heterocycles. The lowest BCUT2D eigenvalue weighted by atomic mass is 9.91. The highest BCUT2D eigenvalue weighted by Gasteiger charge is 2.37. The molecule has 2 rings (SSSR count). The van der Waals surface area contributed by atoms with Crippen molar-refractivity contribution in [2.75, 3.05) is 24.6 Å². The largest absolute Gasteiger partial charge is 0.338 e. The Morgan fingerprint density at radius 1 is 1.32 bits per heavy atom. The van der Waals surface area contributed by atoms with Gasteiger partial charge in [0.1, 0.15) is 0 Å². The molecule has 0 aliphatic carbocycles. The maximum atomic E-state index is 12.9. The van der Waals surface area contributed by atoms with Gasteiger partial charge in [-0.25, -0.2) is 8.42 Å². The second-order valence-corrected chi connectivity index (χ2v) is 8.75. The van der Waals surface area contributed by atoms with Gasteiger partial charge in [0.05, 0.1) is 11.5 Å². The molecule has 0 aromatic carbocycles. The molecule has 0 spiro atoms. The second-order valence-electron chi connectivity index (χ2n) is 6.52. The predicted molar refractivity (Wildman–Crippen MR) is 91.1 cm³/mol. The van der Waals surface area contributed by atoms with Gasteiger partial charge in [0, 0.05) is 24.5 Å². The fraction of sp³-hybridized carbons (Fsp3) is 0.933. The van der Waals surface area contributed by atoms with E-state index in [1.54, 1.807) is 0 Å². The van der Waals surface area contributed by atoms with Crippen LogP contribution in [0.2, 0.25) is 0 Å². The number of hydrogen-bond acceptors (Lipinski definition) is 4. The van der Waals surface area contributed by atoms with Crippen LogP contribution < -0.4 is 5.32 Å². The first kappa shape index (κ1) is 19.7. The Kier molecular flexibility index (Phi) is 7.62. The molecule has 5 nitrogen and oxygen atoms in total. The van der Waals surface area contributed by atoms with Crippen molar-refractivity contribution in [3.8, 4) is 0 Å². The molecule has 0 saturated carbocycles. The van der Waals surface area contributed by atoms with Crippen molar-refractivity contribution >= 4 is 28.2 Å². The van der Waals surface area contributed by atoms with Crippen molar-refractivity contribution in [2.24, 2.45) is 5.92 Å². The van der Waals surface area contributed by atoms with Crippen molar-refractivity contribution in [3.63, 3.8) is 0 Å². The van der Waals surface area contributed by atoms with Crippen LogP contribution >= 0.6 is 12.4 Å². The Morgan fingerprint density at radius 2 is 2.05 bits per heavy atom. The van der Waals surface area contributed by atoms with Gasteiger partial charge in [0.2, 0.25) is 5.91 Å². The highest BCUT2D eigenvalue weighted by atomic mass is 35.5. The summed E-state index contributed by atoms with van der Waals surface area (Å²) in [6, 6.07) is 0.271. The van der Waals surface area contributed by atoms with Gasteiger partial charge >= 0.3 is 0 Å². The average molecular weight is 353 g/mol. The molecule has 3 atom stereocenters. The third-order valence-corrected chi connectivity index (χ3v) is 6.41. The molecule has 22 heavy (non-hydrogen) atoms. The number of nitrogens with one attached hydrogen (secondary N) is 1. The van der Waals surface area contributed by atoms with E-state index < -0.39 is 9.84 Å². The van der Waals surface area contributed by atoms with Crippen molar-refractivity contribution in [3.05, 3.63) is 0 Å². The standard InChI is InChI=1S/C15H28N2O3S.ClH/c1-3-4-8-17(14-6-9-21(19,20)11-14)15(18)13-5-7-16-12(2)10-13;/h12-14,16H,3-11H2,1-2H3;1H/t12-,13-,14?;/m0./s1. The highest BCUT2D eigenvalue weighted by molar-refractivity contribution is 7.91. The Bertz CT molecular complexity index is 469. The maximum absolute atomic E-state index is 12.9. The van der Waals surface area contributed by atoms with E-state index in [0.717, 1.165) is 32.2 Å². The van der Waals surface area contributed by atoms with Crippen LogP contribution in [-0.4, -0.2) is 55.9 Å². The third kappa shape index (κ3) is 5.10. The fourth-order valence-corrected chi connectivity index (χ4v) is 5.14. The molecule has 0 aromatic rings. The van der Waals surface area contributed by atoms with E-state index in [9.17, 15) is 13.2 Å². The minimum atomic E-state index is -2.95. The second kappa shape index (κ2) is 8.50. The van der Waals surface area contributed by atoms with Crippen LogP contribution in [-0.2, 0) is 14.6 Å². The van der Waals surface area contributed by atoms with Gasteiger partial charge in [-0.3, -0.25) is 4.79 Å². The number of hydrogen-bond donors (Lipinski definition) is 1. The monoisotopic (exact) mass is 352 g/mol. The molecule has 7 heteroatoms. The van der Waals surface area contributed by atoms with E-state index in [2.05, 4.69) is 19.2 Å². The molecular formula is C15H29ClN2O3S. The smallest absolute Gasteiger partial charge is 0.226 e. The first-order valence-corrected chi connectivity index (χ1v) is 9.99. The van der Waals surface area contributed by atoms with Crippen molar-refractivity contribution in [2.45, 2.75) is 58.0 Å². The zero-order chi connectivity index (χ0) is 15.5. The van der Waals surface area contributed by atoms with Crippen molar-refractivity contribution in [1.29, 1.82) is 0 Å². The lowest BCUT2D eigenvalue weighted by Crippen LogP contribution is -2.48. The SMILES string of the molecule is CCCCN(C(=O)[C@H]1CCN[C@@H](C)C1)C1CCS(=O)(=O)C1.Cl. The molecular weight excluding hydrogens is 324 g/mol. The molecule has 2 aliphatic rings. The fourth-order valence-electron chi connectivity index (χ4n) is 3.41. The quantitative estimate of drug-likeness (QED) is 0.816. The number of amides is 1. The number of piperidine rings is 1. The van der Waals surface area contributed by atoms with E-state index in [1.807, 2.05) is 4.90 Å². The minimum absolute atomic E-state index is 0. The maximum Gasteiger partial charge on any atom is 0.226 e. The Labute approximate surface area is 140 Å². The summed E-state index contributed by atoms with van der Waals surface area (Å²) in [5, 5.41) is 3.36. The summed E-state index contributed by atoms with van der Waals surface area (Å²) in [5.74, 6) is 0.624. The summed E-state index contributed by atoms with van der Waals surface area (Å²) < 4.78 is 23.4. The van der Waals surface area contributed by atoms with Crippen LogP contribution in [0.15, 0.2) is 0 Å². The summed E-state index contributed by atoms with van der Waals surface area (Å²) in [6.45, 7) is 5.78. The van der Waals surface area contributed by atoms with Gasteiger partial charge in [0.15, 0.2) is 9.84 Å². The molecule has 130 valence electrons. The van der Waals surface area contributed by atoms with Gasteiger partial charge in [-0.1, -0.05) is 13.3 Å². The summed E-state index contributed by atoms with van der Waals surface area (Å²) in [6.07, 6.45) is 4.30. The van der Waals surface area contributed by atoms with Crippen LogP contribution in [0.4, 0.5) is 0 Å². The first-order chi connectivity index (χ1) is 9.93. The average Bonchev–Trinajstić information content (AvgIpc) is 2.79. The lowest BCUT2D eigenvalue weighted by molar-refractivity contribution is -0.138. The molecule has 1 amide bonds. The Balaban J connectivity index is 0.00000242. The van der Waals surface area contributed by atoms with Crippen LogP contribution in [0.3, 0.4) is 0 Å². The summed E-state index contributed by atoms with van der Waals surface area (Å²) in [4.78, 5) is 14.7. The zero-order valence-corrected chi connectivity index (χ0v) is 15.2. The van der Waals surface area contributed by atoms with Crippen LogP contribution in [0.5, 0.6) is 0 Å². The lowest BCUT2D eigenvalue weighted by Gasteiger charge is -2.35. The van der Waals surface area contributed by atoms with Crippen LogP contribution in [0.1, 0.15) is 46.0 Å². The van der Waals surface area contributed by atoms with Crippen LogP contribution in [0, 0.1) is 5.92 Å². The number of carbonyl (C=O) groups excluding carboxylic acids is 1. The summed E-state index contributed by atoms with van der Waals surface area (Å²) in [7, 11) is -2.95. The van der Waals surface area contributed by atoms with E-state index in [0.29, 0.717) is 19.0 Å². The van der Waals surface area contributed by atoms with E-state index in [4.69, 9.17) is 0 Å². The number of halogens is 1. The van der Waals surface area contributed by atoms with Gasteiger partial charge in [-0.15, -0.1) is 12.4 Å². The Hall–Kier alpha value is -0.330. The van der Waals surface area contributed by atoms with Gasteiger partial charge in [-0.2, -0.15) is 0 Å². The van der Waals surface area contributed by atoms with Crippen molar-refractivity contribution < 1.29 is 13.2 Å². The van der Waals surface area contributed by atoms with E-state index in [1.165, 1.54) is 0 Å². The summed E-state index contributed by atoms with van der Waals surface area (Å²) in [5.41, 5.74) is 0. The number of nitrogens with zero attached hydrogens (tertiary/aromatic N) is 1. The molecule has 0 aromatic heterocycles. The topological polar surface area (TPSA) is 66.5 Å². The third-order valence-electron chi connectivity index (χ3n) is 4.66. The number of carbonyl (C=O) groups is 1. The molecule has 1 N–H and O–H groups in total. The number of unbranched alkanes of at least 4 members (excludes halogenated alkanes) is 1. The molecule has 0 bridgehead atoms. The van der Waals surface area contributed by atoms with Crippen molar-refractivity contribution in [1.82, 2.24) is 10.2 Å². The Morgan fingerprint density at radius 3 is 2.59 bits per heavy atom.